The van der Waals surface area contributed by atoms with Gasteiger partial charge >= 0.3 is 5.97 Å². The zero-order valence-corrected chi connectivity index (χ0v) is 10.3. The van der Waals surface area contributed by atoms with Gasteiger partial charge in [-0.05, 0) is 12.1 Å². The summed E-state index contributed by atoms with van der Waals surface area (Å²) in [5.74, 6) is -0.163. The average molecular weight is 270 g/mol. The van der Waals surface area contributed by atoms with Crippen LogP contribution in [0.3, 0.4) is 0 Å². The minimum atomic E-state index is -1.02. The molecule has 0 bridgehead atoms. The van der Waals surface area contributed by atoms with E-state index < -0.39 is 5.97 Å². The van der Waals surface area contributed by atoms with Gasteiger partial charge in [-0.2, -0.15) is 10.1 Å². The highest BCUT2D eigenvalue weighted by Gasteiger charge is 2.11. The van der Waals surface area contributed by atoms with Crippen LogP contribution in [0, 0.1) is 0 Å². The normalized spacial score (nSPS) is 10.6. The zero-order chi connectivity index (χ0) is 13.9. The van der Waals surface area contributed by atoms with Crippen molar-refractivity contribution in [2.45, 2.75) is 6.54 Å². The van der Waals surface area contributed by atoms with Gasteiger partial charge in [0.2, 0.25) is 0 Å². The molecule has 100 valence electrons. The van der Waals surface area contributed by atoms with E-state index in [0.717, 1.165) is 5.56 Å². The largest absolute Gasteiger partial charge is 0.478 e. The Hall–Kier alpha value is -2.96. The molecule has 20 heavy (non-hydrogen) atoms. The van der Waals surface area contributed by atoms with Gasteiger partial charge < -0.3 is 9.63 Å². The molecule has 7 nitrogen and oxygen atoms in total. The van der Waals surface area contributed by atoms with Gasteiger partial charge in [0.15, 0.2) is 5.82 Å². The van der Waals surface area contributed by atoms with Crippen LogP contribution in [0.4, 0.5) is 0 Å². The van der Waals surface area contributed by atoms with Crippen LogP contribution in [-0.4, -0.2) is 31.0 Å². The topological polar surface area (TPSA) is 94.0 Å². The monoisotopic (exact) mass is 270 g/mol. The molecule has 2 heterocycles. The first-order chi connectivity index (χ1) is 9.72. The van der Waals surface area contributed by atoms with E-state index in [0.29, 0.717) is 11.7 Å². The molecule has 0 saturated carbocycles. The van der Waals surface area contributed by atoms with E-state index in [4.69, 9.17) is 9.63 Å². The first kappa shape index (κ1) is 12.1. The molecule has 3 rings (SSSR count). The van der Waals surface area contributed by atoms with E-state index in [1.165, 1.54) is 17.1 Å². The predicted octanol–water partition coefficient (Wildman–Crippen LogP) is 1.68. The van der Waals surface area contributed by atoms with Gasteiger partial charge in [-0.3, -0.25) is 4.68 Å². The second-order valence-electron chi connectivity index (χ2n) is 4.11. The highest BCUT2D eigenvalue weighted by atomic mass is 16.5. The molecule has 0 aliphatic rings. The van der Waals surface area contributed by atoms with Crippen LogP contribution in [0.5, 0.6) is 0 Å². The number of benzene rings is 1. The van der Waals surface area contributed by atoms with Crippen molar-refractivity contribution in [3.8, 4) is 11.5 Å². The third kappa shape index (κ3) is 2.41. The number of carboxylic acids is 1. The molecule has 0 radical (unpaired) electrons. The summed E-state index contributed by atoms with van der Waals surface area (Å²) in [5, 5.41) is 16.6. The first-order valence-electron chi connectivity index (χ1n) is 5.86. The van der Waals surface area contributed by atoms with Crippen molar-refractivity contribution in [3.05, 3.63) is 54.1 Å². The van der Waals surface area contributed by atoms with Crippen molar-refractivity contribution >= 4 is 5.97 Å². The summed E-state index contributed by atoms with van der Waals surface area (Å²) >= 11 is 0. The van der Waals surface area contributed by atoms with Crippen LogP contribution in [0.1, 0.15) is 16.2 Å². The number of nitrogens with zero attached hydrogens (tertiary/aromatic N) is 4. The molecule has 0 atom stereocenters. The van der Waals surface area contributed by atoms with Crippen LogP contribution in [0.15, 0.2) is 47.2 Å². The van der Waals surface area contributed by atoms with Crippen LogP contribution in [-0.2, 0) is 6.54 Å². The van der Waals surface area contributed by atoms with Crippen molar-refractivity contribution in [2.75, 3.05) is 0 Å². The number of aromatic nitrogens is 4. The van der Waals surface area contributed by atoms with Crippen molar-refractivity contribution in [3.63, 3.8) is 0 Å². The second kappa shape index (κ2) is 4.96. The molecule has 1 aromatic carbocycles. The second-order valence-corrected chi connectivity index (χ2v) is 4.11. The van der Waals surface area contributed by atoms with Crippen molar-refractivity contribution in [2.24, 2.45) is 0 Å². The van der Waals surface area contributed by atoms with Crippen molar-refractivity contribution < 1.29 is 14.4 Å². The molecule has 0 fully saturated rings. The molecule has 7 heteroatoms. The lowest BCUT2D eigenvalue weighted by Crippen LogP contribution is -2.02. The van der Waals surface area contributed by atoms with Gasteiger partial charge in [0.05, 0.1) is 11.8 Å². The smallest absolute Gasteiger partial charge is 0.338 e. The molecule has 3 aromatic rings. The Morgan fingerprint density at radius 3 is 2.80 bits per heavy atom. The summed E-state index contributed by atoms with van der Waals surface area (Å²) in [6.45, 7) is 0.254. The zero-order valence-electron chi connectivity index (χ0n) is 10.3. The molecule has 0 amide bonds. The highest BCUT2D eigenvalue weighted by molar-refractivity contribution is 5.86. The van der Waals surface area contributed by atoms with Crippen LogP contribution >= 0.6 is 0 Å². The first-order valence-corrected chi connectivity index (χ1v) is 5.86. The summed E-state index contributed by atoms with van der Waals surface area (Å²) in [7, 11) is 0. The van der Waals surface area contributed by atoms with E-state index in [1.54, 1.807) is 0 Å². The van der Waals surface area contributed by atoms with E-state index in [-0.39, 0.29) is 12.1 Å². The standard InChI is InChI=1S/C13H10N4O3/c18-13(19)10-6-14-17(7-10)8-11-15-12(20-16-11)9-4-2-1-3-5-9/h1-7H,8H2,(H,18,19). The minimum absolute atomic E-state index is 0.122. The fourth-order valence-electron chi connectivity index (χ4n) is 1.72. The molecule has 0 aliphatic carbocycles. The number of hydrogen-bond donors (Lipinski definition) is 1. The third-order valence-electron chi connectivity index (χ3n) is 2.67. The molecule has 0 aliphatic heterocycles. The Balaban J connectivity index is 1.78. The number of aromatic carboxylic acids is 1. The molecular formula is C13H10N4O3. The van der Waals surface area contributed by atoms with Crippen LogP contribution in [0.25, 0.3) is 11.5 Å². The van der Waals surface area contributed by atoms with Gasteiger partial charge in [0.1, 0.15) is 6.54 Å². The third-order valence-corrected chi connectivity index (χ3v) is 2.67. The predicted molar refractivity (Wildman–Crippen MR) is 68.0 cm³/mol. The molecule has 0 spiro atoms. The summed E-state index contributed by atoms with van der Waals surface area (Å²) in [4.78, 5) is 15.0. The van der Waals surface area contributed by atoms with Crippen molar-refractivity contribution in [1.82, 2.24) is 19.9 Å². The average Bonchev–Trinajstić information content (AvgIpc) is 3.10. The Morgan fingerprint density at radius 2 is 2.10 bits per heavy atom. The summed E-state index contributed by atoms with van der Waals surface area (Å²) < 4.78 is 6.61. The van der Waals surface area contributed by atoms with E-state index in [2.05, 4.69) is 15.2 Å². The number of carboxylic acid groups (broad SMARTS) is 1. The maximum Gasteiger partial charge on any atom is 0.338 e. The summed E-state index contributed by atoms with van der Waals surface area (Å²) in [6.07, 6.45) is 2.70. The molecule has 0 unspecified atom stereocenters. The molecule has 2 aromatic heterocycles. The maximum atomic E-state index is 10.8. The lowest BCUT2D eigenvalue weighted by molar-refractivity contribution is 0.0697. The van der Waals surface area contributed by atoms with E-state index in [1.807, 2.05) is 30.3 Å². The Morgan fingerprint density at radius 1 is 1.30 bits per heavy atom. The lowest BCUT2D eigenvalue weighted by Gasteiger charge is -1.94. The molecular weight excluding hydrogens is 260 g/mol. The Bertz CT molecular complexity index is 733. The highest BCUT2D eigenvalue weighted by Crippen LogP contribution is 2.16. The quantitative estimate of drug-likeness (QED) is 0.775. The van der Waals surface area contributed by atoms with Gasteiger partial charge in [-0.25, -0.2) is 4.79 Å². The number of carbonyl (C=O) groups is 1. The lowest BCUT2D eigenvalue weighted by atomic mass is 10.2. The number of rotatable bonds is 4. The fraction of sp³-hybridized carbons (Fsp3) is 0.0769. The van der Waals surface area contributed by atoms with Gasteiger partial charge in [-0.15, -0.1) is 0 Å². The van der Waals surface area contributed by atoms with E-state index in [9.17, 15) is 4.79 Å². The Labute approximate surface area is 113 Å². The van der Waals surface area contributed by atoms with Crippen LogP contribution in [0.2, 0.25) is 0 Å². The summed E-state index contributed by atoms with van der Waals surface area (Å²) in [6, 6.07) is 9.40. The SMILES string of the molecule is O=C(O)c1cnn(Cc2noc(-c3ccccc3)n2)c1. The molecule has 1 N–H and O–H groups in total. The van der Waals surface area contributed by atoms with Gasteiger partial charge in [-0.1, -0.05) is 23.4 Å². The van der Waals surface area contributed by atoms with Crippen LogP contribution < -0.4 is 0 Å². The summed E-state index contributed by atoms with van der Waals surface area (Å²) in [5.41, 5.74) is 0.953. The van der Waals surface area contributed by atoms with Gasteiger partial charge in [0, 0.05) is 11.8 Å². The Kier molecular flexibility index (Phi) is 3.00. The van der Waals surface area contributed by atoms with Gasteiger partial charge in [0.25, 0.3) is 5.89 Å². The van der Waals surface area contributed by atoms with Crippen molar-refractivity contribution in [1.29, 1.82) is 0 Å². The van der Waals surface area contributed by atoms with E-state index >= 15 is 0 Å². The maximum absolute atomic E-state index is 10.8. The fourth-order valence-corrected chi connectivity index (χ4v) is 1.72. The molecule has 0 saturated heterocycles. The minimum Gasteiger partial charge on any atom is -0.478 e. The number of hydrogen-bond acceptors (Lipinski definition) is 5.